The Labute approximate surface area is 141 Å². The van der Waals surface area contributed by atoms with E-state index in [0.29, 0.717) is 5.75 Å². The molecule has 2 rings (SSSR count). The lowest BCUT2D eigenvalue weighted by Crippen LogP contribution is -2.25. The fraction of sp³-hybridized carbons (Fsp3) is 0.235. The molecule has 0 radical (unpaired) electrons. The van der Waals surface area contributed by atoms with Crippen LogP contribution in [0.15, 0.2) is 59.5 Å². The number of hydroxylamine groups is 1. The van der Waals surface area contributed by atoms with Gasteiger partial charge in [-0.15, -0.1) is 0 Å². The summed E-state index contributed by atoms with van der Waals surface area (Å²) in [6.07, 6.45) is -0.177. The zero-order valence-corrected chi connectivity index (χ0v) is 14.1. The molecular weight excluding hydrogens is 330 g/mol. The van der Waals surface area contributed by atoms with Crippen molar-refractivity contribution in [2.45, 2.75) is 17.9 Å². The highest BCUT2D eigenvalue weighted by Crippen LogP contribution is 2.17. The van der Waals surface area contributed by atoms with E-state index in [1.54, 1.807) is 12.1 Å². The fourth-order valence-electron chi connectivity index (χ4n) is 1.95. The lowest BCUT2D eigenvalue weighted by Gasteiger charge is -2.07. The minimum Gasteiger partial charge on any atom is -0.497 e. The number of hydrogen-bond donors (Lipinski definition) is 1. The van der Waals surface area contributed by atoms with E-state index in [2.05, 4.69) is 5.48 Å². The predicted molar refractivity (Wildman–Crippen MR) is 89.0 cm³/mol. The highest BCUT2D eigenvalue weighted by atomic mass is 32.2. The van der Waals surface area contributed by atoms with Crippen LogP contribution in [0, 0.1) is 0 Å². The Kier molecular flexibility index (Phi) is 6.34. The van der Waals surface area contributed by atoms with Crippen LogP contribution in [0.5, 0.6) is 5.75 Å². The van der Waals surface area contributed by atoms with Crippen molar-refractivity contribution in [3.63, 3.8) is 0 Å². The molecule has 0 aliphatic rings. The zero-order chi connectivity index (χ0) is 17.4. The molecule has 2 aromatic carbocycles. The Hall–Kier alpha value is -2.38. The Morgan fingerprint density at radius 1 is 1.04 bits per heavy atom. The summed E-state index contributed by atoms with van der Waals surface area (Å²) in [6, 6.07) is 15.4. The lowest BCUT2D eigenvalue weighted by atomic mass is 10.2. The van der Waals surface area contributed by atoms with Gasteiger partial charge in [0.05, 0.1) is 24.4 Å². The molecule has 0 aliphatic carbocycles. The molecular formula is C17H19NO5S. The third-order valence-corrected chi connectivity index (χ3v) is 5.02. The maximum Gasteiger partial charge on any atom is 0.244 e. The normalized spacial score (nSPS) is 11.0. The molecule has 0 fully saturated rings. The second-order valence-electron chi connectivity index (χ2n) is 5.04. The van der Waals surface area contributed by atoms with Crippen LogP contribution >= 0.6 is 0 Å². The number of rotatable bonds is 8. The van der Waals surface area contributed by atoms with Crippen LogP contribution in [-0.2, 0) is 26.1 Å². The highest BCUT2D eigenvalue weighted by Gasteiger charge is 2.16. The van der Waals surface area contributed by atoms with E-state index in [1.807, 2.05) is 30.3 Å². The summed E-state index contributed by atoms with van der Waals surface area (Å²) < 4.78 is 29.3. The number of carbonyl (C=O) groups excluding carboxylic acids is 1. The first-order chi connectivity index (χ1) is 11.5. The first-order valence-electron chi connectivity index (χ1n) is 7.32. The van der Waals surface area contributed by atoms with Gasteiger partial charge in [0.15, 0.2) is 9.84 Å². The third-order valence-electron chi connectivity index (χ3n) is 3.28. The van der Waals surface area contributed by atoms with Gasteiger partial charge in [0, 0.05) is 6.42 Å². The average molecular weight is 349 g/mol. The van der Waals surface area contributed by atoms with Crippen molar-refractivity contribution < 1.29 is 22.8 Å². The summed E-state index contributed by atoms with van der Waals surface area (Å²) >= 11 is 0. The number of amides is 1. The maximum atomic E-state index is 12.2. The molecule has 0 aromatic heterocycles. The maximum absolute atomic E-state index is 12.2. The second kappa shape index (κ2) is 8.47. The van der Waals surface area contributed by atoms with Crippen molar-refractivity contribution >= 4 is 15.7 Å². The molecule has 0 aliphatic heterocycles. The predicted octanol–water partition coefficient (Wildman–Crippen LogP) is 2.11. The Morgan fingerprint density at radius 3 is 2.33 bits per heavy atom. The van der Waals surface area contributed by atoms with Gasteiger partial charge >= 0.3 is 0 Å². The number of sulfone groups is 1. The van der Waals surface area contributed by atoms with Crippen molar-refractivity contribution in [2.75, 3.05) is 12.9 Å². The molecule has 1 N–H and O–H groups in total. The number of hydrogen-bond acceptors (Lipinski definition) is 5. The van der Waals surface area contributed by atoms with Gasteiger partial charge in [0.2, 0.25) is 5.91 Å². The molecule has 24 heavy (non-hydrogen) atoms. The van der Waals surface area contributed by atoms with E-state index in [4.69, 9.17) is 9.57 Å². The molecule has 0 spiro atoms. The standard InChI is InChI=1S/C17H19NO5S/c1-22-15-7-9-16(10-8-15)24(20,21)12-11-17(19)18-23-13-14-5-3-2-4-6-14/h2-10H,11-13H2,1H3,(H,18,19). The average Bonchev–Trinajstić information content (AvgIpc) is 2.61. The van der Waals surface area contributed by atoms with Crippen LogP contribution in [-0.4, -0.2) is 27.2 Å². The zero-order valence-electron chi connectivity index (χ0n) is 13.3. The molecule has 6 nitrogen and oxygen atoms in total. The topological polar surface area (TPSA) is 81.7 Å². The van der Waals surface area contributed by atoms with Crippen LogP contribution in [0.1, 0.15) is 12.0 Å². The molecule has 7 heteroatoms. The number of benzene rings is 2. The molecule has 0 saturated carbocycles. The van der Waals surface area contributed by atoms with E-state index in [-0.39, 0.29) is 23.7 Å². The second-order valence-corrected chi connectivity index (χ2v) is 7.15. The van der Waals surface area contributed by atoms with E-state index >= 15 is 0 Å². The Bertz CT molecular complexity index is 757. The van der Waals surface area contributed by atoms with Crippen molar-refractivity contribution in [1.29, 1.82) is 0 Å². The van der Waals surface area contributed by atoms with Gasteiger partial charge in [0.25, 0.3) is 0 Å². The summed E-state index contributed by atoms with van der Waals surface area (Å²) in [5.41, 5.74) is 3.16. The van der Waals surface area contributed by atoms with Crippen molar-refractivity contribution in [1.82, 2.24) is 5.48 Å². The number of carbonyl (C=O) groups is 1. The van der Waals surface area contributed by atoms with Crippen LogP contribution in [0.25, 0.3) is 0 Å². The van der Waals surface area contributed by atoms with E-state index < -0.39 is 15.7 Å². The minimum absolute atomic E-state index is 0.154. The fourth-order valence-corrected chi connectivity index (χ4v) is 3.19. The molecule has 2 aromatic rings. The number of ether oxygens (including phenoxy) is 1. The molecule has 0 heterocycles. The van der Waals surface area contributed by atoms with E-state index in [9.17, 15) is 13.2 Å². The molecule has 0 bridgehead atoms. The summed E-state index contributed by atoms with van der Waals surface area (Å²) in [6.45, 7) is 0.220. The van der Waals surface area contributed by atoms with Gasteiger partial charge in [0.1, 0.15) is 5.75 Å². The highest BCUT2D eigenvalue weighted by molar-refractivity contribution is 7.91. The van der Waals surface area contributed by atoms with Crippen molar-refractivity contribution in [3.05, 3.63) is 60.2 Å². The van der Waals surface area contributed by atoms with E-state index in [1.165, 1.54) is 19.2 Å². The summed E-state index contributed by atoms with van der Waals surface area (Å²) in [5.74, 6) is -0.205. The third kappa shape index (κ3) is 5.36. The molecule has 0 unspecified atom stereocenters. The van der Waals surface area contributed by atoms with Crippen LogP contribution in [0.4, 0.5) is 0 Å². The van der Waals surface area contributed by atoms with Crippen molar-refractivity contribution in [3.8, 4) is 5.75 Å². The lowest BCUT2D eigenvalue weighted by molar-refractivity contribution is -0.134. The minimum atomic E-state index is -3.53. The van der Waals surface area contributed by atoms with Crippen LogP contribution in [0.2, 0.25) is 0 Å². The van der Waals surface area contributed by atoms with Crippen LogP contribution < -0.4 is 10.2 Å². The number of methoxy groups -OCH3 is 1. The van der Waals surface area contributed by atoms with Gasteiger partial charge in [-0.25, -0.2) is 13.9 Å². The van der Waals surface area contributed by atoms with Gasteiger partial charge in [-0.1, -0.05) is 30.3 Å². The summed E-state index contributed by atoms with van der Waals surface area (Å²) in [7, 11) is -2.03. The van der Waals surface area contributed by atoms with Gasteiger partial charge in [-0.2, -0.15) is 0 Å². The first kappa shape index (κ1) is 18.0. The Morgan fingerprint density at radius 2 is 1.71 bits per heavy atom. The quantitative estimate of drug-likeness (QED) is 0.738. The largest absolute Gasteiger partial charge is 0.497 e. The smallest absolute Gasteiger partial charge is 0.244 e. The molecule has 1 amide bonds. The summed E-state index contributed by atoms with van der Waals surface area (Å²) in [5, 5.41) is 0. The SMILES string of the molecule is COc1ccc(S(=O)(=O)CCC(=O)NOCc2ccccc2)cc1. The van der Waals surface area contributed by atoms with E-state index in [0.717, 1.165) is 5.56 Å². The Balaban J connectivity index is 1.79. The monoisotopic (exact) mass is 349 g/mol. The van der Waals surface area contributed by atoms with Gasteiger partial charge in [-0.3, -0.25) is 9.63 Å². The molecule has 0 atom stereocenters. The molecule has 0 saturated heterocycles. The van der Waals surface area contributed by atoms with Crippen LogP contribution in [0.3, 0.4) is 0 Å². The van der Waals surface area contributed by atoms with Gasteiger partial charge in [-0.05, 0) is 29.8 Å². The van der Waals surface area contributed by atoms with Gasteiger partial charge < -0.3 is 4.74 Å². The first-order valence-corrected chi connectivity index (χ1v) is 8.98. The molecule has 128 valence electrons. The summed E-state index contributed by atoms with van der Waals surface area (Å²) in [4.78, 5) is 16.9. The van der Waals surface area contributed by atoms with Crippen molar-refractivity contribution in [2.24, 2.45) is 0 Å². The number of nitrogens with one attached hydrogen (secondary N) is 1.